The Morgan fingerprint density at radius 1 is 1.15 bits per heavy atom. The first-order valence-electron chi connectivity index (χ1n) is 8.83. The molecule has 1 saturated heterocycles. The van der Waals surface area contributed by atoms with Gasteiger partial charge < -0.3 is 10.1 Å². The zero-order chi connectivity index (χ0) is 19.2. The van der Waals surface area contributed by atoms with Gasteiger partial charge in [0.15, 0.2) is 0 Å². The molecule has 0 aliphatic carbocycles. The molecule has 1 N–H and O–H groups in total. The molecule has 2 aromatic carbocycles. The fourth-order valence-electron chi connectivity index (χ4n) is 3.12. The van der Waals surface area contributed by atoms with E-state index in [4.69, 9.17) is 4.74 Å². The molecule has 1 amide bonds. The molecule has 0 bridgehead atoms. The van der Waals surface area contributed by atoms with Crippen LogP contribution in [0.15, 0.2) is 53.4 Å². The molecule has 5 nitrogen and oxygen atoms in total. The first-order valence-corrected chi connectivity index (χ1v) is 10.4. The van der Waals surface area contributed by atoms with Gasteiger partial charge in [-0.15, -0.1) is 0 Å². The second-order valence-electron chi connectivity index (χ2n) is 6.40. The van der Waals surface area contributed by atoms with E-state index in [-0.39, 0.29) is 17.8 Å². The number of nitrogens with zero attached hydrogens (tertiary/aromatic N) is 1. The Hall–Kier alpha value is -2.09. The summed E-state index contributed by atoms with van der Waals surface area (Å²) in [5, 5.41) is 2.97. The van der Waals surface area contributed by atoms with Crippen LogP contribution in [0.3, 0.4) is 0 Å². The molecular weight excluding hydrogens is 367 g/mol. The fourth-order valence-corrected chi connectivity index (χ4v) is 3.64. The second kappa shape index (κ2) is 9.21. The number of benzene rings is 2. The van der Waals surface area contributed by atoms with Crippen molar-refractivity contribution in [1.82, 2.24) is 10.2 Å². The Balaban J connectivity index is 1.70. The maximum absolute atomic E-state index is 13.3. The first kappa shape index (κ1) is 19.7. The highest BCUT2D eigenvalue weighted by atomic mass is 32.2. The number of carbonyl (C=O) groups excluding carboxylic acids is 1. The molecule has 0 saturated carbocycles. The predicted octanol–water partition coefficient (Wildman–Crippen LogP) is 2.37. The minimum Gasteiger partial charge on any atom is -0.379 e. The fraction of sp³-hybridized carbons (Fsp3) is 0.350. The lowest BCUT2D eigenvalue weighted by atomic mass is 10.0. The van der Waals surface area contributed by atoms with Gasteiger partial charge in [0.05, 0.1) is 19.3 Å². The van der Waals surface area contributed by atoms with E-state index in [2.05, 4.69) is 10.2 Å². The molecule has 27 heavy (non-hydrogen) atoms. The second-order valence-corrected chi connectivity index (χ2v) is 7.78. The van der Waals surface area contributed by atoms with Crippen LogP contribution in [0, 0.1) is 5.82 Å². The van der Waals surface area contributed by atoms with Gasteiger partial charge >= 0.3 is 0 Å². The average molecular weight is 390 g/mol. The van der Waals surface area contributed by atoms with E-state index in [0.29, 0.717) is 30.2 Å². The van der Waals surface area contributed by atoms with Gasteiger partial charge in [-0.3, -0.25) is 13.9 Å². The SMILES string of the molecule is CS(=O)c1ccc(C(=O)NCC(c2ccc(F)cc2)N2CCOCC2)cc1. The number of rotatable bonds is 6. The van der Waals surface area contributed by atoms with E-state index in [1.165, 1.54) is 12.1 Å². The van der Waals surface area contributed by atoms with Crippen LogP contribution in [0.25, 0.3) is 0 Å². The normalized spacial score (nSPS) is 17.3. The summed E-state index contributed by atoms with van der Waals surface area (Å²) in [6, 6.07) is 13.1. The van der Waals surface area contributed by atoms with E-state index in [1.54, 1.807) is 42.7 Å². The van der Waals surface area contributed by atoms with Crippen LogP contribution in [-0.4, -0.2) is 54.1 Å². The molecule has 0 spiro atoms. The van der Waals surface area contributed by atoms with Crippen molar-refractivity contribution in [3.63, 3.8) is 0 Å². The van der Waals surface area contributed by atoms with Crippen molar-refractivity contribution in [2.24, 2.45) is 0 Å². The lowest BCUT2D eigenvalue weighted by Crippen LogP contribution is -2.43. The Morgan fingerprint density at radius 3 is 2.37 bits per heavy atom. The number of halogens is 1. The summed E-state index contributed by atoms with van der Waals surface area (Å²) >= 11 is 0. The van der Waals surface area contributed by atoms with Crippen LogP contribution in [0.1, 0.15) is 22.0 Å². The third-order valence-electron chi connectivity index (χ3n) is 4.65. The number of morpholine rings is 1. The summed E-state index contributed by atoms with van der Waals surface area (Å²) < 4.78 is 30.2. The molecule has 1 heterocycles. The largest absolute Gasteiger partial charge is 0.379 e. The molecule has 7 heteroatoms. The highest BCUT2D eigenvalue weighted by molar-refractivity contribution is 7.84. The third kappa shape index (κ3) is 5.22. The Bertz CT molecular complexity index is 790. The molecule has 1 fully saturated rings. The summed E-state index contributed by atoms with van der Waals surface area (Å²) in [6.07, 6.45) is 1.60. The first-order chi connectivity index (χ1) is 13.0. The highest BCUT2D eigenvalue weighted by Crippen LogP contribution is 2.22. The molecule has 1 aliphatic rings. The summed E-state index contributed by atoms with van der Waals surface area (Å²) in [5.41, 5.74) is 1.47. The number of carbonyl (C=O) groups is 1. The van der Waals surface area contributed by atoms with Crippen LogP contribution in [0.4, 0.5) is 4.39 Å². The number of ether oxygens (including phenoxy) is 1. The van der Waals surface area contributed by atoms with Gasteiger partial charge in [-0.05, 0) is 42.0 Å². The van der Waals surface area contributed by atoms with E-state index >= 15 is 0 Å². The minimum absolute atomic E-state index is 0.0548. The highest BCUT2D eigenvalue weighted by Gasteiger charge is 2.23. The summed E-state index contributed by atoms with van der Waals surface area (Å²) in [4.78, 5) is 15.4. The van der Waals surface area contributed by atoms with Crippen LogP contribution < -0.4 is 5.32 Å². The van der Waals surface area contributed by atoms with Gasteiger partial charge in [0.1, 0.15) is 5.82 Å². The lowest BCUT2D eigenvalue weighted by molar-refractivity contribution is 0.0162. The van der Waals surface area contributed by atoms with E-state index in [1.807, 2.05) is 0 Å². The smallest absolute Gasteiger partial charge is 0.251 e. The molecule has 3 rings (SSSR count). The van der Waals surface area contributed by atoms with E-state index < -0.39 is 10.8 Å². The number of nitrogens with one attached hydrogen (secondary N) is 1. The maximum atomic E-state index is 13.3. The third-order valence-corrected chi connectivity index (χ3v) is 5.58. The van der Waals surface area contributed by atoms with Gasteiger partial charge in [0, 0.05) is 47.1 Å². The van der Waals surface area contributed by atoms with Gasteiger partial charge in [0.25, 0.3) is 5.91 Å². The standard InChI is InChI=1S/C20H23FN2O3S/c1-27(25)18-8-4-16(5-9-18)20(24)22-14-19(23-10-12-26-13-11-23)15-2-6-17(21)7-3-15/h2-9,19H,10-14H2,1H3,(H,22,24). The van der Waals surface area contributed by atoms with Gasteiger partial charge in [-0.2, -0.15) is 0 Å². The number of amides is 1. The minimum atomic E-state index is -1.07. The van der Waals surface area contributed by atoms with Gasteiger partial charge in [-0.25, -0.2) is 4.39 Å². The van der Waals surface area contributed by atoms with Gasteiger partial charge in [0.2, 0.25) is 0 Å². The molecule has 0 aromatic heterocycles. The van der Waals surface area contributed by atoms with Gasteiger partial charge in [-0.1, -0.05) is 12.1 Å². The van der Waals surface area contributed by atoms with Crippen LogP contribution >= 0.6 is 0 Å². The molecule has 0 radical (unpaired) electrons. The van der Waals surface area contributed by atoms with Crippen LogP contribution in [0.2, 0.25) is 0 Å². The molecule has 1 aliphatic heterocycles. The van der Waals surface area contributed by atoms with Crippen molar-refractivity contribution in [3.8, 4) is 0 Å². The zero-order valence-corrected chi connectivity index (χ0v) is 16.0. The summed E-state index contributed by atoms with van der Waals surface area (Å²) in [6.45, 7) is 3.21. The zero-order valence-electron chi connectivity index (χ0n) is 15.2. The van der Waals surface area contributed by atoms with Crippen molar-refractivity contribution in [3.05, 3.63) is 65.5 Å². The average Bonchev–Trinajstić information content (AvgIpc) is 2.70. The van der Waals surface area contributed by atoms with E-state index in [0.717, 1.165) is 18.7 Å². The van der Waals surface area contributed by atoms with Crippen LogP contribution in [-0.2, 0) is 15.5 Å². The van der Waals surface area contributed by atoms with Crippen molar-refractivity contribution in [1.29, 1.82) is 0 Å². The lowest BCUT2D eigenvalue weighted by Gasteiger charge is -2.35. The molecule has 2 aromatic rings. The van der Waals surface area contributed by atoms with E-state index in [9.17, 15) is 13.4 Å². The Labute approximate surface area is 161 Å². The van der Waals surface area contributed by atoms with Crippen molar-refractivity contribution >= 4 is 16.7 Å². The van der Waals surface area contributed by atoms with Crippen molar-refractivity contribution in [2.75, 3.05) is 39.1 Å². The monoisotopic (exact) mass is 390 g/mol. The Morgan fingerprint density at radius 2 is 1.78 bits per heavy atom. The molecule has 2 atom stereocenters. The predicted molar refractivity (Wildman–Crippen MR) is 103 cm³/mol. The summed E-state index contributed by atoms with van der Waals surface area (Å²) in [5.74, 6) is -0.472. The molecular formula is C20H23FN2O3S. The van der Waals surface area contributed by atoms with Crippen molar-refractivity contribution in [2.45, 2.75) is 10.9 Å². The number of hydrogen-bond donors (Lipinski definition) is 1. The number of hydrogen-bond acceptors (Lipinski definition) is 4. The molecule has 2 unspecified atom stereocenters. The Kier molecular flexibility index (Phi) is 6.71. The maximum Gasteiger partial charge on any atom is 0.251 e. The summed E-state index contributed by atoms with van der Waals surface area (Å²) in [7, 11) is -1.07. The topological polar surface area (TPSA) is 58.6 Å². The quantitative estimate of drug-likeness (QED) is 0.823. The van der Waals surface area contributed by atoms with Crippen molar-refractivity contribution < 1.29 is 18.1 Å². The van der Waals surface area contributed by atoms with Crippen LogP contribution in [0.5, 0.6) is 0 Å². The molecule has 144 valence electrons.